The van der Waals surface area contributed by atoms with Gasteiger partial charge in [0.2, 0.25) is 11.0 Å². The van der Waals surface area contributed by atoms with Crippen LogP contribution in [0, 0.1) is 5.82 Å². The average Bonchev–Trinajstić information content (AvgIpc) is 3.37. The number of carbonyl (C=O) groups is 1. The second kappa shape index (κ2) is 8.93. The Labute approximate surface area is 188 Å². The Morgan fingerprint density at radius 1 is 1.19 bits per heavy atom. The summed E-state index contributed by atoms with van der Waals surface area (Å²) in [5, 5.41) is 0.233. The van der Waals surface area contributed by atoms with Gasteiger partial charge in [-0.1, -0.05) is 6.07 Å². The summed E-state index contributed by atoms with van der Waals surface area (Å²) in [7, 11) is -1.28. The van der Waals surface area contributed by atoms with E-state index >= 15 is 0 Å². The second-order valence-corrected chi connectivity index (χ2v) is 9.83. The minimum Gasteiger partial charge on any atom is -0.347 e. The molecule has 0 spiro atoms. The maximum absolute atomic E-state index is 14.4. The Kier molecular flexibility index (Phi) is 6.39. The molecule has 1 aromatic carbocycles. The SMILES string of the molecule is CS(=O)c1ccc(CN2CCN(C3CCN(c4nc(C(F)(F)F)ns4)CC3)C2=O)c(F)c1. The van der Waals surface area contributed by atoms with Crippen molar-refractivity contribution in [2.75, 3.05) is 37.3 Å². The molecule has 2 fully saturated rings. The van der Waals surface area contributed by atoms with E-state index in [1.54, 1.807) is 26.8 Å². The zero-order valence-electron chi connectivity index (χ0n) is 17.1. The molecule has 3 heterocycles. The summed E-state index contributed by atoms with van der Waals surface area (Å²) < 4.78 is 67.4. The first-order valence-corrected chi connectivity index (χ1v) is 12.3. The van der Waals surface area contributed by atoms with Gasteiger partial charge in [-0.25, -0.2) is 9.18 Å². The summed E-state index contributed by atoms with van der Waals surface area (Å²) in [6.07, 6.45) is -1.88. The molecular formula is C19H21F4N5O2S2. The van der Waals surface area contributed by atoms with Gasteiger partial charge in [0.1, 0.15) is 5.82 Å². The fraction of sp³-hybridized carbons (Fsp3) is 0.526. The maximum Gasteiger partial charge on any atom is 0.452 e. The molecule has 0 radical (unpaired) electrons. The monoisotopic (exact) mass is 491 g/mol. The molecule has 32 heavy (non-hydrogen) atoms. The first kappa shape index (κ1) is 22.9. The van der Waals surface area contributed by atoms with Gasteiger partial charge in [0.15, 0.2) is 0 Å². The summed E-state index contributed by atoms with van der Waals surface area (Å²) >= 11 is 0.724. The quantitative estimate of drug-likeness (QED) is 0.600. The van der Waals surface area contributed by atoms with E-state index in [1.807, 2.05) is 0 Å². The number of urea groups is 1. The topological polar surface area (TPSA) is 69.6 Å². The van der Waals surface area contributed by atoms with Crippen molar-refractivity contribution >= 4 is 33.5 Å². The number of alkyl halides is 3. The van der Waals surface area contributed by atoms with Crippen molar-refractivity contribution in [3.63, 3.8) is 0 Å². The molecule has 7 nitrogen and oxygen atoms in total. The summed E-state index contributed by atoms with van der Waals surface area (Å²) in [5.41, 5.74) is 0.362. The molecule has 1 unspecified atom stereocenters. The van der Waals surface area contributed by atoms with Crippen LogP contribution in [0.3, 0.4) is 0 Å². The lowest BCUT2D eigenvalue weighted by atomic mass is 10.0. The minimum atomic E-state index is -4.56. The largest absolute Gasteiger partial charge is 0.452 e. The van der Waals surface area contributed by atoms with Gasteiger partial charge in [0.05, 0.1) is 6.54 Å². The van der Waals surface area contributed by atoms with Gasteiger partial charge >= 0.3 is 12.2 Å². The Bertz CT molecular complexity index is 1020. The van der Waals surface area contributed by atoms with E-state index in [1.165, 1.54) is 12.3 Å². The molecule has 2 aliphatic rings. The Morgan fingerprint density at radius 3 is 2.50 bits per heavy atom. The number of hydrogen-bond acceptors (Lipinski definition) is 6. The summed E-state index contributed by atoms with van der Waals surface area (Å²) in [4.78, 5) is 22.0. The van der Waals surface area contributed by atoms with Gasteiger partial charge in [-0.05, 0) is 25.0 Å². The van der Waals surface area contributed by atoms with Crippen molar-refractivity contribution in [1.82, 2.24) is 19.2 Å². The smallest absolute Gasteiger partial charge is 0.347 e. The molecule has 0 aliphatic carbocycles. The highest BCUT2D eigenvalue weighted by atomic mass is 32.2. The van der Waals surface area contributed by atoms with Crippen LogP contribution in [-0.4, -0.2) is 67.9 Å². The predicted octanol–water partition coefficient (Wildman–Crippen LogP) is 3.34. The summed E-state index contributed by atoms with van der Waals surface area (Å²) in [5.74, 6) is -1.62. The van der Waals surface area contributed by atoms with Crippen LogP contribution in [0.4, 0.5) is 27.5 Å². The molecular weight excluding hydrogens is 470 g/mol. The van der Waals surface area contributed by atoms with Crippen LogP contribution in [0.5, 0.6) is 0 Å². The van der Waals surface area contributed by atoms with E-state index in [4.69, 9.17) is 0 Å². The van der Waals surface area contributed by atoms with Crippen molar-refractivity contribution in [1.29, 1.82) is 0 Å². The lowest BCUT2D eigenvalue weighted by Crippen LogP contribution is -2.46. The third kappa shape index (κ3) is 4.72. The first-order chi connectivity index (χ1) is 15.1. The maximum atomic E-state index is 14.4. The molecule has 174 valence electrons. The van der Waals surface area contributed by atoms with Gasteiger partial charge in [-0.3, -0.25) is 4.21 Å². The fourth-order valence-electron chi connectivity index (χ4n) is 3.96. The zero-order valence-corrected chi connectivity index (χ0v) is 18.8. The molecule has 13 heteroatoms. The molecule has 2 aliphatic heterocycles. The van der Waals surface area contributed by atoms with Crippen molar-refractivity contribution in [2.24, 2.45) is 0 Å². The molecule has 2 saturated heterocycles. The summed E-state index contributed by atoms with van der Waals surface area (Å²) in [6.45, 7) is 2.06. The molecule has 4 rings (SSSR count). The molecule has 2 aromatic rings. The van der Waals surface area contributed by atoms with Crippen LogP contribution in [0.1, 0.15) is 24.2 Å². The molecule has 2 amide bonds. The third-order valence-electron chi connectivity index (χ3n) is 5.69. The third-order valence-corrected chi connectivity index (χ3v) is 7.38. The number of halogens is 4. The number of carbonyl (C=O) groups excluding carboxylic acids is 1. The van der Waals surface area contributed by atoms with Gasteiger partial charge in [0, 0.05) is 71.3 Å². The lowest BCUT2D eigenvalue weighted by Gasteiger charge is -2.36. The molecule has 0 saturated carbocycles. The zero-order chi connectivity index (χ0) is 23.0. The van der Waals surface area contributed by atoms with Gasteiger partial charge in [0.25, 0.3) is 0 Å². The second-order valence-electron chi connectivity index (χ2n) is 7.72. The van der Waals surface area contributed by atoms with Crippen LogP contribution in [-0.2, 0) is 23.5 Å². The van der Waals surface area contributed by atoms with Crippen LogP contribution >= 0.6 is 11.5 Å². The Morgan fingerprint density at radius 2 is 1.91 bits per heavy atom. The number of hydrogen-bond donors (Lipinski definition) is 0. The van der Waals surface area contributed by atoms with Crippen LogP contribution < -0.4 is 4.90 Å². The van der Waals surface area contributed by atoms with E-state index in [2.05, 4.69) is 9.36 Å². The fourth-order valence-corrected chi connectivity index (χ4v) is 5.22. The highest BCUT2D eigenvalue weighted by Gasteiger charge is 2.38. The summed E-state index contributed by atoms with van der Waals surface area (Å²) in [6, 6.07) is 4.17. The number of nitrogens with zero attached hydrogens (tertiary/aromatic N) is 5. The van der Waals surface area contributed by atoms with E-state index in [0.29, 0.717) is 49.5 Å². The number of amides is 2. The molecule has 0 N–H and O–H groups in total. The molecule has 1 aromatic heterocycles. The standard InChI is InChI=1S/C19H21F4N5O2S2/c1-32(30)14-3-2-12(15(20)10-14)11-27-8-9-28(18(27)29)13-4-6-26(7-5-13)17-24-16(25-31-17)19(21,22)23/h2-3,10,13H,4-9,11H2,1H3. The minimum absolute atomic E-state index is 0.0338. The van der Waals surface area contributed by atoms with Gasteiger partial charge in [-0.2, -0.15) is 22.5 Å². The number of benzene rings is 1. The first-order valence-electron chi connectivity index (χ1n) is 9.96. The van der Waals surface area contributed by atoms with Crippen LogP contribution in [0.25, 0.3) is 0 Å². The normalized spacial score (nSPS) is 19.2. The van der Waals surface area contributed by atoms with Gasteiger partial charge < -0.3 is 14.7 Å². The van der Waals surface area contributed by atoms with Gasteiger partial charge in [-0.15, -0.1) is 0 Å². The van der Waals surface area contributed by atoms with Crippen molar-refractivity contribution in [3.8, 4) is 0 Å². The predicted molar refractivity (Wildman–Crippen MR) is 111 cm³/mol. The van der Waals surface area contributed by atoms with Crippen molar-refractivity contribution in [2.45, 2.75) is 36.5 Å². The van der Waals surface area contributed by atoms with E-state index < -0.39 is 28.6 Å². The van der Waals surface area contributed by atoms with E-state index in [0.717, 1.165) is 11.5 Å². The Balaban J connectivity index is 1.34. The van der Waals surface area contributed by atoms with Crippen molar-refractivity contribution < 1.29 is 26.6 Å². The number of anilines is 1. The molecule has 0 bridgehead atoms. The average molecular weight is 492 g/mol. The Hall–Kier alpha value is -2.28. The lowest BCUT2D eigenvalue weighted by molar-refractivity contribution is -0.144. The number of aromatic nitrogens is 2. The number of rotatable bonds is 5. The highest BCUT2D eigenvalue weighted by molar-refractivity contribution is 7.84. The van der Waals surface area contributed by atoms with E-state index in [9.17, 15) is 26.6 Å². The van der Waals surface area contributed by atoms with Crippen molar-refractivity contribution in [3.05, 3.63) is 35.4 Å². The number of piperidine rings is 1. The van der Waals surface area contributed by atoms with E-state index in [-0.39, 0.29) is 23.7 Å². The highest BCUT2D eigenvalue weighted by Crippen LogP contribution is 2.32. The van der Waals surface area contributed by atoms with Crippen LogP contribution in [0.2, 0.25) is 0 Å². The van der Waals surface area contributed by atoms with Crippen LogP contribution in [0.15, 0.2) is 23.1 Å². The molecule has 1 atom stereocenters.